The highest BCUT2D eigenvalue weighted by Gasteiger charge is 1.98. The molecule has 0 aliphatic rings. The molecule has 1 nitrogen and oxygen atoms in total. The molecule has 1 aromatic rings. The SMILES string of the molecule is Cc1cc(C)cc(CSCCCC(C)N)c1. The molecule has 1 unspecified atom stereocenters. The van der Waals surface area contributed by atoms with Gasteiger partial charge in [0.05, 0.1) is 0 Å². The lowest BCUT2D eigenvalue weighted by Gasteiger charge is -2.06. The Labute approximate surface area is 104 Å². The monoisotopic (exact) mass is 237 g/mol. The van der Waals surface area contributed by atoms with Crippen LogP contribution in [-0.2, 0) is 5.75 Å². The van der Waals surface area contributed by atoms with Gasteiger partial charge in [-0.25, -0.2) is 0 Å². The van der Waals surface area contributed by atoms with Crippen LogP contribution in [-0.4, -0.2) is 11.8 Å². The molecule has 1 rings (SSSR count). The predicted molar refractivity (Wildman–Crippen MR) is 75.0 cm³/mol. The second-order valence-electron chi connectivity index (χ2n) is 4.67. The highest BCUT2D eigenvalue weighted by Crippen LogP contribution is 2.17. The second kappa shape index (κ2) is 6.97. The van der Waals surface area contributed by atoms with Crippen molar-refractivity contribution in [3.63, 3.8) is 0 Å². The molecule has 0 heterocycles. The Morgan fingerprint density at radius 1 is 1.19 bits per heavy atom. The molecule has 0 spiro atoms. The molecular formula is C14H23NS. The molecule has 1 aromatic carbocycles. The van der Waals surface area contributed by atoms with Crippen molar-refractivity contribution in [1.82, 2.24) is 0 Å². The summed E-state index contributed by atoms with van der Waals surface area (Å²) in [6.45, 7) is 6.41. The molecule has 0 aliphatic heterocycles. The zero-order valence-corrected chi connectivity index (χ0v) is 11.4. The fraction of sp³-hybridized carbons (Fsp3) is 0.571. The molecule has 1 atom stereocenters. The maximum absolute atomic E-state index is 5.72. The van der Waals surface area contributed by atoms with Gasteiger partial charge in [-0.3, -0.25) is 0 Å². The standard InChI is InChI=1S/C14H23NS/c1-11-7-12(2)9-14(8-11)10-16-6-4-5-13(3)15/h7-9,13H,4-6,10,15H2,1-3H3. The largest absolute Gasteiger partial charge is 0.328 e. The first-order chi connectivity index (χ1) is 7.58. The van der Waals surface area contributed by atoms with Crippen molar-refractivity contribution in [1.29, 1.82) is 0 Å². The molecule has 0 radical (unpaired) electrons. The highest BCUT2D eigenvalue weighted by molar-refractivity contribution is 7.98. The Balaban J connectivity index is 2.26. The summed E-state index contributed by atoms with van der Waals surface area (Å²) in [5.41, 5.74) is 9.90. The fourth-order valence-corrected chi connectivity index (χ4v) is 2.77. The maximum atomic E-state index is 5.72. The summed E-state index contributed by atoms with van der Waals surface area (Å²) in [4.78, 5) is 0. The van der Waals surface area contributed by atoms with Crippen LogP contribution in [0.4, 0.5) is 0 Å². The number of thioether (sulfide) groups is 1. The Kier molecular flexibility index (Phi) is 5.93. The van der Waals surface area contributed by atoms with Crippen LogP contribution in [0.2, 0.25) is 0 Å². The van der Waals surface area contributed by atoms with Gasteiger partial charge in [-0.1, -0.05) is 29.3 Å². The van der Waals surface area contributed by atoms with Crippen LogP contribution in [0, 0.1) is 13.8 Å². The van der Waals surface area contributed by atoms with Gasteiger partial charge in [0.1, 0.15) is 0 Å². The molecule has 0 aliphatic carbocycles. The lowest BCUT2D eigenvalue weighted by molar-refractivity contribution is 0.656. The Hall–Kier alpha value is -0.470. The first-order valence-electron chi connectivity index (χ1n) is 5.98. The summed E-state index contributed by atoms with van der Waals surface area (Å²) in [7, 11) is 0. The van der Waals surface area contributed by atoms with Crippen LogP contribution in [0.1, 0.15) is 36.5 Å². The minimum absolute atomic E-state index is 0.349. The predicted octanol–water partition coefficient (Wildman–Crippen LogP) is 3.66. The third-order valence-corrected chi connectivity index (χ3v) is 3.61. The van der Waals surface area contributed by atoms with E-state index in [1.165, 1.54) is 28.9 Å². The summed E-state index contributed by atoms with van der Waals surface area (Å²) in [5.74, 6) is 2.34. The van der Waals surface area contributed by atoms with E-state index in [-0.39, 0.29) is 0 Å². The fourth-order valence-electron chi connectivity index (χ4n) is 1.85. The average molecular weight is 237 g/mol. The van der Waals surface area contributed by atoms with Gasteiger partial charge >= 0.3 is 0 Å². The molecule has 2 heteroatoms. The molecule has 0 fully saturated rings. The van der Waals surface area contributed by atoms with Crippen molar-refractivity contribution in [3.05, 3.63) is 34.9 Å². The molecule has 16 heavy (non-hydrogen) atoms. The van der Waals surface area contributed by atoms with Crippen LogP contribution < -0.4 is 5.73 Å². The van der Waals surface area contributed by atoms with E-state index in [1.54, 1.807) is 0 Å². The maximum Gasteiger partial charge on any atom is 0.0184 e. The number of nitrogens with two attached hydrogens (primary N) is 1. The lowest BCUT2D eigenvalue weighted by Crippen LogP contribution is -2.14. The minimum Gasteiger partial charge on any atom is -0.328 e. The van der Waals surface area contributed by atoms with Crippen LogP contribution >= 0.6 is 11.8 Å². The molecule has 0 saturated heterocycles. The smallest absolute Gasteiger partial charge is 0.0184 e. The summed E-state index contributed by atoms with van der Waals surface area (Å²) in [6.07, 6.45) is 2.37. The Morgan fingerprint density at radius 3 is 2.38 bits per heavy atom. The van der Waals surface area contributed by atoms with Gasteiger partial charge in [0.15, 0.2) is 0 Å². The van der Waals surface area contributed by atoms with Crippen LogP contribution in [0.25, 0.3) is 0 Å². The molecule has 0 amide bonds. The first-order valence-corrected chi connectivity index (χ1v) is 7.14. The topological polar surface area (TPSA) is 26.0 Å². The quantitative estimate of drug-likeness (QED) is 0.764. The van der Waals surface area contributed by atoms with E-state index in [0.717, 1.165) is 12.2 Å². The van der Waals surface area contributed by atoms with E-state index < -0.39 is 0 Å². The summed E-state index contributed by atoms with van der Waals surface area (Å²) in [5, 5.41) is 0. The minimum atomic E-state index is 0.349. The Morgan fingerprint density at radius 2 is 1.81 bits per heavy atom. The van der Waals surface area contributed by atoms with Gasteiger partial charge in [-0.2, -0.15) is 11.8 Å². The van der Waals surface area contributed by atoms with Crippen LogP contribution in [0.5, 0.6) is 0 Å². The van der Waals surface area contributed by atoms with Gasteiger partial charge in [0, 0.05) is 11.8 Å². The van der Waals surface area contributed by atoms with Crippen LogP contribution in [0.3, 0.4) is 0 Å². The third-order valence-electron chi connectivity index (χ3n) is 2.50. The van der Waals surface area contributed by atoms with Gasteiger partial charge < -0.3 is 5.73 Å². The summed E-state index contributed by atoms with van der Waals surface area (Å²) < 4.78 is 0. The molecular weight excluding hydrogens is 214 g/mol. The number of hydrogen-bond donors (Lipinski definition) is 1. The van der Waals surface area contributed by atoms with E-state index in [9.17, 15) is 0 Å². The normalized spacial score (nSPS) is 12.8. The molecule has 90 valence electrons. The summed E-state index contributed by atoms with van der Waals surface area (Å²) >= 11 is 2.01. The van der Waals surface area contributed by atoms with E-state index in [4.69, 9.17) is 5.73 Å². The van der Waals surface area contributed by atoms with E-state index in [1.807, 2.05) is 11.8 Å². The van der Waals surface area contributed by atoms with Gasteiger partial charge in [-0.05, 0) is 44.9 Å². The van der Waals surface area contributed by atoms with Crippen molar-refractivity contribution in [2.75, 3.05) is 5.75 Å². The van der Waals surface area contributed by atoms with Crippen molar-refractivity contribution in [3.8, 4) is 0 Å². The van der Waals surface area contributed by atoms with Gasteiger partial charge in [0.25, 0.3) is 0 Å². The zero-order chi connectivity index (χ0) is 12.0. The number of aryl methyl sites for hydroxylation is 2. The summed E-state index contributed by atoms with van der Waals surface area (Å²) in [6, 6.07) is 7.14. The van der Waals surface area contributed by atoms with Gasteiger partial charge in [0.2, 0.25) is 0 Å². The van der Waals surface area contributed by atoms with Crippen molar-refractivity contribution in [2.45, 2.75) is 45.4 Å². The zero-order valence-electron chi connectivity index (χ0n) is 10.6. The first kappa shape index (κ1) is 13.6. The molecule has 0 saturated carbocycles. The second-order valence-corrected chi connectivity index (χ2v) is 5.77. The van der Waals surface area contributed by atoms with Crippen molar-refractivity contribution >= 4 is 11.8 Å². The Bertz CT molecular complexity index is 300. The van der Waals surface area contributed by atoms with E-state index in [2.05, 4.69) is 39.0 Å². The van der Waals surface area contributed by atoms with E-state index >= 15 is 0 Å². The number of rotatable bonds is 6. The number of hydrogen-bond acceptors (Lipinski definition) is 2. The van der Waals surface area contributed by atoms with Crippen molar-refractivity contribution < 1.29 is 0 Å². The molecule has 2 N–H and O–H groups in total. The van der Waals surface area contributed by atoms with Crippen molar-refractivity contribution in [2.24, 2.45) is 5.73 Å². The molecule has 0 bridgehead atoms. The lowest BCUT2D eigenvalue weighted by atomic mass is 10.1. The highest BCUT2D eigenvalue weighted by atomic mass is 32.2. The average Bonchev–Trinajstić information content (AvgIpc) is 2.15. The number of benzene rings is 1. The van der Waals surface area contributed by atoms with E-state index in [0.29, 0.717) is 6.04 Å². The third kappa shape index (κ3) is 5.57. The van der Waals surface area contributed by atoms with Crippen LogP contribution in [0.15, 0.2) is 18.2 Å². The van der Waals surface area contributed by atoms with Gasteiger partial charge in [-0.15, -0.1) is 0 Å². The molecule has 0 aromatic heterocycles.